The van der Waals surface area contributed by atoms with Crippen molar-refractivity contribution in [1.29, 1.82) is 0 Å². The van der Waals surface area contributed by atoms with Crippen molar-refractivity contribution in [2.24, 2.45) is 0 Å². The summed E-state index contributed by atoms with van der Waals surface area (Å²) in [5.74, 6) is -0.0905. The van der Waals surface area contributed by atoms with Crippen LogP contribution < -0.4 is 14.4 Å². The molecule has 2 aromatic rings. The third-order valence-corrected chi connectivity index (χ3v) is 6.87. The van der Waals surface area contributed by atoms with Crippen LogP contribution in [0.25, 0.3) is 0 Å². The Labute approximate surface area is 209 Å². The fourth-order valence-electron chi connectivity index (χ4n) is 3.76. The quantitative estimate of drug-likeness (QED) is 0.452. The lowest BCUT2D eigenvalue weighted by Crippen LogP contribution is -2.52. The van der Waals surface area contributed by atoms with Gasteiger partial charge >= 0.3 is 0 Å². The molecule has 0 saturated heterocycles. The van der Waals surface area contributed by atoms with Crippen molar-refractivity contribution in [3.63, 3.8) is 0 Å². The summed E-state index contributed by atoms with van der Waals surface area (Å²) in [7, 11) is -2.19. The van der Waals surface area contributed by atoms with Crippen LogP contribution >= 0.6 is 0 Å². The molecular weight excluding hydrogens is 466 g/mol. The molecule has 0 spiro atoms. The third-order valence-electron chi connectivity index (χ3n) is 5.73. The predicted octanol–water partition coefficient (Wildman–Crippen LogP) is 3.36. The summed E-state index contributed by atoms with van der Waals surface area (Å²) < 4.78 is 31.7. The Kier molecular flexibility index (Phi) is 10.6. The van der Waals surface area contributed by atoms with E-state index in [1.807, 2.05) is 45.0 Å². The molecule has 0 fully saturated rings. The summed E-state index contributed by atoms with van der Waals surface area (Å²) in [6.45, 7) is 6.02. The summed E-state index contributed by atoms with van der Waals surface area (Å²) in [4.78, 5) is 28.1. The first-order valence-electron chi connectivity index (χ1n) is 11.9. The fourth-order valence-corrected chi connectivity index (χ4v) is 4.61. The first-order chi connectivity index (χ1) is 16.6. The second kappa shape index (κ2) is 13.1. The largest absolute Gasteiger partial charge is 0.497 e. The van der Waals surface area contributed by atoms with Gasteiger partial charge in [-0.1, -0.05) is 45.0 Å². The van der Waals surface area contributed by atoms with Gasteiger partial charge in [-0.25, -0.2) is 8.42 Å². The highest BCUT2D eigenvalue weighted by Gasteiger charge is 2.31. The first kappa shape index (κ1) is 28.2. The second-order valence-corrected chi connectivity index (χ2v) is 10.3. The predicted molar refractivity (Wildman–Crippen MR) is 139 cm³/mol. The number of amides is 2. The Hall–Kier alpha value is -3.07. The van der Waals surface area contributed by atoms with Crippen LogP contribution in [-0.4, -0.2) is 57.6 Å². The molecule has 2 aromatic carbocycles. The summed E-state index contributed by atoms with van der Waals surface area (Å²) >= 11 is 0. The molecule has 9 heteroatoms. The number of hydrogen-bond acceptors (Lipinski definition) is 5. The maximum Gasteiger partial charge on any atom is 0.244 e. The van der Waals surface area contributed by atoms with Crippen molar-refractivity contribution >= 4 is 27.5 Å². The molecule has 1 atom stereocenters. The number of benzene rings is 2. The van der Waals surface area contributed by atoms with Gasteiger partial charge in [0.25, 0.3) is 0 Å². The van der Waals surface area contributed by atoms with Crippen LogP contribution in [0.1, 0.15) is 44.7 Å². The average molecular weight is 504 g/mol. The topological polar surface area (TPSA) is 96.0 Å². The zero-order valence-electron chi connectivity index (χ0n) is 21.3. The monoisotopic (exact) mass is 503 g/mol. The number of nitrogens with zero attached hydrogens (tertiary/aromatic N) is 2. The SMILES string of the molecule is CCCNC(=O)[C@H](CC)N(Cc1cccc(OC)c1)C(=O)CN(c1ccc(CC)cc1)S(C)(=O)=O. The Morgan fingerprint density at radius 1 is 1.03 bits per heavy atom. The van der Waals surface area contributed by atoms with Crippen LogP contribution in [-0.2, 0) is 32.6 Å². The van der Waals surface area contributed by atoms with E-state index in [0.29, 0.717) is 24.4 Å². The van der Waals surface area contributed by atoms with Crippen LogP contribution in [0.2, 0.25) is 0 Å². The first-order valence-corrected chi connectivity index (χ1v) is 13.8. The van der Waals surface area contributed by atoms with E-state index in [4.69, 9.17) is 4.74 Å². The molecule has 0 radical (unpaired) electrons. The van der Waals surface area contributed by atoms with E-state index in [0.717, 1.165) is 34.5 Å². The van der Waals surface area contributed by atoms with Gasteiger partial charge in [0.1, 0.15) is 18.3 Å². The van der Waals surface area contributed by atoms with Gasteiger partial charge in [-0.3, -0.25) is 13.9 Å². The van der Waals surface area contributed by atoms with E-state index in [1.165, 1.54) is 4.90 Å². The van der Waals surface area contributed by atoms with Crippen LogP contribution in [0, 0.1) is 0 Å². The summed E-state index contributed by atoms with van der Waals surface area (Å²) in [6, 6.07) is 13.6. The molecule has 2 rings (SSSR count). The van der Waals surface area contributed by atoms with Crippen molar-refractivity contribution < 1.29 is 22.7 Å². The molecule has 1 N–H and O–H groups in total. The Morgan fingerprint density at radius 2 is 1.71 bits per heavy atom. The number of nitrogens with one attached hydrogen (secondary N) is 1. The van der Waals surface area contributed by atoms with E-state index < -0.39 is 28.5 Å². The number of ether oxygens (including phenoxy) is 1. The number of anilines is 1. The minimum Gasteiger partial charge on any atom is -0.497 e. The van der Waals surface area contributed by atoms with Crippen LogP contribution in [0.4, 0.5) is 5.69 Å². The van der Waals surface area contributed by atoms with Crippen molar-refractivity contribution in [2.45, 2.75) is 52.6 Å². The summed E-state index contributed by atoms with van der Waals surface area (Å²) in [5.41, 5.74) is 2.24. The zero-order valence-corrected chi connectivity index (χ0v) is 22.1. The van der Waals surface area contributed by atoms with Gasteiger partial charge in [0, 0.05) is 13.1 Å². The van der Waals surface area contributed by atoms with Gasteiger partial charge in [0.15, 0.2) is 0 Å². The van der Waals surface area contributed by atoms with E-state index >= 15 is 0 Å². The molecular formula is C26H37N3O5S. The molecule has 0 unspecified atom stereocenters. The van der Waals surface area contributed by atoms with Gasteiger partial charge in [0.05, 0.1) is 19.1 Å². The van der Waals surface area contributed by atoms with Crippen molar-refractivity contribution in [2.75, 3.05) is 30.8 Å². The number of sulfonamides is 1. The molecule has 0 aliphatic heterocycles. The molecule has 2 amide bonds. The van der Waals surface area contributed by atoms with Gasteiger partial charge in [0.2, 0.25) is 21.8 Å². The third kappa shape index (κ3) is 7.99. The standard InChI is InChI=1S/C26H37N3O5S/c1-6-16-27-26(31)24(8-3)28(18-21-10-9-11-23(17-21)34-4)25(30)19-29(35(5,32)33)22-14-12-20(7-2)13-15-22/h9-15,17,24H,6-8,16,18-19H2,1-5H3,(H,27,31)/t24-/m0/s1. The number of rotatable bonds is 13. The van der Waals surface area contributed by atoms with Crippen LogP contribution in [0.15, 0.2) is 48.5 Å². The van der Waals surface area contributed by atoms with Crippen molar-refractivity contribution in [3.8, 4) is 5.75 Å². The fraction of sp³-hybridized carbons (Fsp3) is 0.462. The van der Waals surface area contributed by atoms with Gasteiger partial charge in [-0.2, -0.15) is 0 Å². The number of methoxy groups -OCH3 is 1. The smallest absolute Gasteiger partial charge is 0.244 e. The van der Waals surface area contributed by atoms with Gasteiger partial charge < -0.3 is 15.0 Å². The van der Waals surface area contributed by atoms with Crippen molar-refractivity contribution in [1.82, 2.24) is 10.2 Å². The lowest BCUT2D eigenvalue weighted by molar-refractivity contribution is -0.140. The Bertz CT molecular complexity index is 1090. The molecule has 192 valence electrons. The normalized spacial score (nSPS) is 12.0. The number of hydrogen-bond donors (Lipinski definition) is 1. The highest BCUT2D eigenvalue weighted by atomic mass is 32.2. The maximum atomic E-state index is 13.6. The van der Waals surface area contributed by atoms with Crippen LogP contribution in [0.3, 0.4) is 0 Å². The molecule has 0 heterocycles. The van der Waals surface area contributed by atoms with Gasteiger partial charge in [-0.15, -0.1) is 0 Å². The lowest BCUT2D eigenvalue weighted by Gasteiger charge is -2.33. The molecule has 0 aromatic heterocycles. The Morgan fingerprint density at radius 3 is 2.26 bits per heavy atom. The van der Waals surface area contributed by atoms with E-state index in [1.54, 1.807) is 31.4 Å². The summed E-state index contributed by atoms with van der Waals surface area (Å²) in [6.07, 6.45) is 3.04. The molecule has 0 saturated carbocycles. The highest BCUT2D eigenvalue weighted by Crippen LogP contribution is 2.21. The van der Waals surface area contributed by atoms with Gasteiger partial charge in [-0.05, 0) is 54.7 Å². The summed E-state index contributed by atoms with van der Waals surface area (Å²) in [5, 5.41) is 2.87. The second-order valence-electron chi connectivity index (χ2n) is 8.38. The van der Waals surface area contributed by atoms with E-state index in [2.05, 4.69) is 5.32 Å². The zero-order chi connectivity index (χ0) is 26.0. The average Bonchev–Trinajstić information content (AvgIpc) is 2.85. The maximum absolute atomic E-state index is 13.6. The van der Waals surface area contributed by atoms with E-state index in [-0.39, 0.29) is 12.5 Å². The molecule has 8 nitrogen and oxygen atoms in total. The molecule has 35 heavy (non-hydrogen) atoms. The molecule has 0 bridgehead atoms. The minimum absolute atomic E-state index is 0.139. The van der Waals surface area contributed by atoms with Crippen molar-refractivity contribution in [3.05, 3.63) is 59.7 Å². The Balaban J connectivity index is 2.42. The van der Waals surface area contributed by atoms with E-state index in [9.17, 15) is 18.0 Å². The number of aryl methyl sites for hydroxylation is 1. The molecule has 0 aliphatic carbocycles. The number of carbonyl (C=O) groups excluding carboxylic acids is 2. The highest BCUT2D eigenvalue weighted by molar-refractivity contribution is 7.92. The van der Waals surface area contributed by atoms with Crippen LogP contribution in [0.5, 0.6) is 5.75 Å². The number of carbonyl (C=O) groups is 2. The lowest BCUT2D eigenvalue weighted by atomic mass is 10.1. The minimum atomic E-state index is -3.75. The molecule has 0 aliphatic rings.